The van der Waals surface area contributed by atoms with Gasteiger partial charge >= 0.3 is 5.97 Å². The summed E-state index contributed by atoms with van der Waals surface area (Å²) in [7, 11) is 0. The summed E-state index contributed by atoms with van der Waals surface area (Å²) in [6.45, 7) is 2.24. The van der Waals surface area contributed by atoms with E-state index in [9.17, 15) is 9.90 Å². The van der Waals surface area contributed by atoms with E-state index in [-0.39, 0.29) is 12.5 Å². The third-order valence-electron chi connectivity index (χ3n) is 4.07. The number of hydrogen-bond acceptors (Lipinski definition) is 2. The lowest BCUT2D eigenvalue weighted by Crippen LogP contribution is -2.06. The van der Waals surface area contributed by atoms with E-state index in [0.717, 1.165) is 44.9 Å². The fourth-order valence-corrected chi connectivity index (χ4v) is 2.67. The van der Waals surface area contributed by atoms with Crippen molar-refractivity contribution >= 4 is 5.97 Å². The average Bonchev–Trinajstić information content (AvgIpc) is 2.45. The lowest BCUT2D eigenvalue weighted by Gasteiger charge is -2.10. The molecule has 0 aliphatic heterocycles. The molecule has 0 spiro atoms. The van der Waals surface area contributed by atoms with Crippen LogP contribution >= 0.6 is 0 Å². The van der Waals surface area contributed by atoms with Gasteiger partial charge in [-0.3, -0.25) is 4.79 Å². The molecule has 126 valence electrons. The van der Waals surface area contributed by atoms with Crippen molar-refractivity contribution in [2.45, 2.75) is 109 Å². The lowest BCUT2D eigenvalue weighted by molar-refractivity contribution is -0.137. The van der Waals surface area contributed by atoms with Gasteiger partial charge in [0.2, 0.25) is 0 Å². The van der Waals surface area contributed by atoms with Gasteiger partial charge in [0.1, 0.15) is 0 Å². The third kappa shape index (κ3) is 17.4. The number of carbonyl (C=O) groups is 1. The Morgan fingerprint density at radius 1 is 0.762 bits per heavy atom. The van der Waals surface area contributed by atoms with E-state index in [1.165, 1.54) is 44.9 Å². The predicted octanol–water partition coefficient (Wildman–Crippen LogP) is 5.30. The molecule has 0 fully saturated rings. The van der Waals surface area contributed by atoms with Crippen LogP contribution in [0, 0.1) is 0 Å². The summed E-state index contributed by atoms with van der Waals surface area (Å²) in [6.07, 6.45) is 16.2. The van der Waals surface area contributed by atoms with Crippen molar-refractivity contribution in [1.29, 1.82) is 0 Å². The number of rotatable bonds is 16. The normalized spacial score (nSPS) is 12.5. The molecule has 0 rings (SSSR count). The number of unbranched alkanes of at least 4 members (excludes halogenated alkanes) is 10. The molecule has 0 aromatic carbocycles. The van der Waals surface area contributed by atoms with Crippen LogP contribution in [0.2, 0.25) is 0 Å². The van der Waals surface area contributed by atoms with E-state index in [1.807, 2.05) is 0 Å². The Kier molecular flexibility index (Phi) is 15.4. The molecule has 21 heavy (non-hydrogen) atoms. The van der Waals surface area contributed by atoms with Gasteiger partial charge in [-0.15, -0.1) is 0 Å². The summed E-state index contributed by atoms with van der Waals surface area (Å²) in [5.74, 6) is -0.704. The van der Waals surface area contributed by atoms with Gasteiger partial charge in [0.25, 0.3) is 0 Å². The van der Waals surface area contributed by atoms with Crippen LogP contribution < -0.4 is 0 Å². The lowest BCUT2D eigenvalue weighted by atomic mass is 10.0. The molecule has 0 saturated carbocycles. The van der Waals surface area contributed by atoms with E-state index >= 15 is 0 Å². The molecule has 0 bridgehead atoms. The molecule has 0 aliphatic carbocycles. The van der Waals surface area contributed by atoms with Gasteiger partial charge in [-0.05, 0) is 19.3 Å². The Bertz CT molecular complexity index is 229. The molecular formula is C18H36O3. The average molecular weight is 300 g/mol. The van der Waals surface area contributed by atoms with Gasteiger partial charge in [-0.2, -0.15) is 0 Å². The molecule has 0 aliphatic rings. The van der Waals surface area contributed by atoms with Crippen LogP contribution in [0.1, 0.15) is 103 Å². The largest absolute Gasteiger partial charge is 0.481 e. The zero-order chi connectivity index (χ0) is 15.8. The van der Waals surface area contributed by atoms with Gasteiger partial charge in [-0.1, -0.05) is 77.6 Å². The Hall–Kier alpha value is -0.570. The molecule has 3 heteroatoms. The van der Waals surface area contributed by atoms with Gasteiger partial charge in [0.15, 0.2) is 0 Å². The standard InChI is InChI=1S/C18H36O3/c1-2-3-4-5-6-7-8-11-14-17(19)15-12-9-10-13-16-18(20)21/h17,19H,2-16H2,1H3,(H,20,21)/t17-/m1/s1. The van der Waals surface area contributed by atoms with E-state index in [2.05, 4.69) is 6.92 Å². The fourth-order valence-electron chi connectivity index (χ4n) is 2.67. The van der Waals surface area contributed by atoms with Crippen LogP contribution in [-0.2, 0) is 4.79 Å². The second kappa shape index (κ2) is 15.8. The maximum Gasteiger partial charge on any atom is 0.303 e. The zero-order valence-electron chi connectivity index (χ0n) is 14.0. The van der Waals surface area contributed by atoms with Gasteiger partial charge in [0, 0.05) is 6.42 Å². The molecule has 1 atom stereocenters. The van der Waals surface area contributed by atoms with Crippen LogP contribution in [0.3, 0.4) is 0 Å². The Labute approximate surface area is 131 Å². The highest BCUT2D eigenvalue weighted by atomic mass is 16.4. The summed E-state index contributed by atoms with van der Waals surface area (Å²) >= 11 is 0. The number of aliphatic carboxylic acids is 1. The molecular weight excluding hydrogens is 264 g/mol. The summed E-state index contributed by atoms with van der Waals surface area (Å²) in [4.78, 5) is 10.3. The summed E-state index contributed by atoms with van der Waals surface area (Å²) in [5.41, 5.74) is 0. The maximum atomic E-state index is 10.3. The van der Waals surface area contributed by atoms with E-state index < -0.39 is 5.97 Å². The molecule has 0 unspecified atom stereocenters. The first-order valence-corrected chi connectivity index (χ1v) is 9.06. The molecule has 0 heterocycles. The fraction of sp³-hybridized carbons (Fsp3) is 0.944. The first-order valence-electron chi connectivity index (χ1n) is 9.06. The number of hydrogen-bond donors (Lipinski definition) is 2. The van der Waals surface area contributed by atoms with Crippen molar-refractivity contribution in [2.75, 3.05) is 0 Å². The molecule has 2 N–H and O–H groups in total. The highest BCUT2D eigenvalue weighted by Gasteiger charge is 2.04. The van der Waals surface area contributed by atoms with Gasteiger partial charge in [-0.25, -0.2) is 0 Å². The molecule has 0 radical (unpaired) electrons. The first kappa shape index (κ1) is 20.4. The highest BCUT2D eigenvalue weighted by Crippen LogP contribution is 2.14. The summed E-state index contributed by atoms with van der Waals surface area (Å²) in [5, 5.41) is 18.4. The van der Waals surface area contributed by atoms with Crippen molar-refractivity contribution in [3.63, 3.8) is 0 Å². The zero-order valence-corrected chi connectivity index (χ0v) is 14.0. The summed E-state index contributed by atoms with van der Waals surface area (Å²) in [6, 6.07) is 0. The molecule has 0 aromatic heterocycles. The first-order chi connectivity index (χ1) is 10.2. The maximum absolute atomic E-state index is 10.3. The minimum atomic E-state index is -0.704. The quantitative estimate of drug-likeness (QED) is 0.380. The minimum absolute atomic E-state index is 0.149. The number of carboxylic acids is 1. The van der Waals surface area contributed by atoms with E-state index in [0.29, 0.717) is 0 Å². The highest BCUT2D eigenvalue weighted by molar-refractivity contribution is 5.66. The number of carboxylic acid groups (broad SMARTS) is 1. The Morgan fingerprint density at radius 2 is 1.19 bits per heavy atom. The second-order valence-corrected chi connectivity index (χ2v) is 6.26. The number of aliphatic hydroxyl groups is 1. The van der Waals surface area contributed by atoms with Crippen molar-refractivity contribution in [3.8, 4) is 0 Å². The number of aliphatic hydroxyl groups excluding tert-OH is 1. The SMILES string of the molecule is CCCCCCCCCC[C@@H](O)CCCCCCC(=O)O. The van der Waals surface area contributed by atoms with Crippen LogP contribution in [0.25, 0.3) is 0 Å². The van der Waals surface area contributed by atoms with Crippen LogP contribution in [0.5, 0.6) is 0 Å². The summed E-state index contributed by atoms with van der Waals surface area (Å²) < 4.78 is 0. The minimum Gasteiger partial charge on any atom is -0.481 e. The molecule has 0 amide bonds. The Balaban J connectivity index is 3.16. The topological polar surface area (TPSA) is 57.5 Å². The van der Waals surface area contributed by atoms with Crippen molar-refractivity contribution < 1.29 is 15.0 Å². The third-order valence-corrected chi connectivity index (χ3v) is 4.07. The van der Waals surface area contributed by atoms with Crippen molar-refractivity contribution in [3.05, 3.63) is 0 Å². The molecule has 0 saturated heterocycles. The molecule has 3 nitrogen and oxygen atoms in total. The van der Waals surface area contributed by atoms with Crippen LogP contribution in [-0.4, -0.2) is 22.3 Å². The van der Waals surface area contributed by atoms with E-state index in [1.54, 1.807) is 0 Å². The van der Waals surface area contributed by atoms with Gasteiger partial charge < -0.3 is 10.2 Å². The Morgan fingerprint density at radius 3 is 1.67 bits per heavy atom. The monoisotopic (exact) mass is 300 g/mol. The van der Waals surface area contributed by atoms with Gasteiger partial charge in [0.05, 0.1) is 6.10 Å². The van der Waals surface area contributed by atoms with Crippen molar-refractivity contribution in [2.24, 2.45) is 0 Å². The predicted molar refractivity (Wildman–Crippen MR) is 88.6 cm³/mol. The van der Waals surface area contributed by atoms with Crippen molar-refractivity contribution in [1.82, 2.24) is 0 Å². The second-order valence-electron chi connectivity index (χ2n) is 6.26. The van der Waals surface area contributed by atoms with Crippen LogP contribution in [0.4, 0.5) is 0 Å². The van der Waals surface area contributed by atoms with E-state index in [4.69, 9.17) is 5.11 Å². The van der Waals surface area contributed by atoms with Crippen LogP contribution in [0.15, 0.2) is 0 Å². The molecule has 0 aromatic rings. The smallest absolute Gasteiger partial charge is 0.303 e.